The average Bonchev–Trinajstić information content (AvgIpc) is 2.13. The second kappa shape index (κ2) is 4.68. The number of carboxylic acid groups (broad SMARTS) is 3. The Morgan fingerprint density at radius 2 is 1.44 bits per heavy atom. The Bertz CT molecular complexity index is 337. The van der Waals surface area contributed by atoms with Crippen LogP contribution < -0.4 is 11.5 Å². The summed E-state index contributed by atoms with van der Waals surface area (Å²) >= 11 is 0. The van der Waals surface area contributed by atoms with Crippen LogP contribution in [0.25, 0.3) is 0 Å². The van der Waals surface area contributed by atoms with Crippen molar-refractivity contribution in [2.24, 2.45) is 11.5 Å². The first kappa shape index (κ1) is 14.0. The summed E-state index contributed by atoms with van der Waals surface area (Å²) in [6.07, 6.45) is -0.904. The number of hydrogen-bond donors (Lipinski definition) is 5. The van der Waals surface area contributed by atoms with Crippen LogP contribution in [0.2, 0.25) is 0 Å². The lowest BCUT2D eigenvalue weighted by atomic mass is 9.89. The largest absolute Gasteiger partial charge is 0.481 e. The van der Waals surface area contributed by atoms with Gasteiger partial charge in [0.1, 0.15) is 0 Å². The van der Waals surface area contributed by atoms with E-state index in [1.165, 1.54) is 0 Å². The molecule has 7 N–H and O–H groups in total. The molecule has 9 heteroatoms. The van der Waals surface area contributed by atoms with E-state index in [0.717, 1.165) is 0 Å². The van der Waals surface area contributed by atoms with Crippen molar-refractivity contribution < 1.29 is 34.5 Å². The van der Waals surface area contributed by atoms with E-state index in [9.17, 15) is 19.2 Å². The molecule has 9 nitrogen and oxygen atoms in total. The molecule has 0 aliphatic carbocycles. The topological polar surface area (TPSA) is 181 Å². The van der Waals surface area contributed by atoms with Gasteiger partial charge in [0.15, 0.2) is 5.78 Å². The summed E-state index contributed by atoms with van der Waals surface area (Å²) in [6, 6.07) is -1.80. The Labute approximate surface area is 88.6 Å². The second-order valence-corrected chi connectivity index (χ2v) is 2.99. The summed E-state index contributed by atoms with van der Waals surface area (Å²) in [4.78, 5) is 42.7. The van der Waals surface area contributed by atoms with Gasteiger partial charge in [-0.2, -0.15) is 0 Å². The van der Waals surface area contributed by atoms with Crippen LogP contribution in [0.5, 0.6) is 0 Å². The summed E-state index contributed by atoms with van der Waals surface area (Å²) in [5, 5.41) is 25.4. The third kappa shape index (κ3) is 2.52. The molecule has 90 valence electrons. The molecule has 1 atom stereocenters. The monoisotopic (exact) mass is 234 g/mol. The molecule has 0 aromatic carbocycles. The quantitative estimate of drug-likeness (QED) is 0.303. The third-order valence-electron chi connectivity index (χ3n) is 1.79. The van der Waals surface area contributed by atoms with Crippen molar-refractivity contribution in [1.82, 2.24) is 0 Å². The maximum atomic E-state index is 11.3. The smallest absolute Gasteiger partial charge is 0.343 e. The van der Waals surface area contributed by atoms with Crippen molar-refractivity contribution >= 4 is 23.7 Å². The Balaban J connectivity index is 5.12. The van der Waals surface area contributed by atoms with Crippen molar-refractivity contribution in [1.29, 1.82) is 0 Å². The predicted molar refractivity (Wildman–Crippen MR) is 47.4 cm³/mol. The molecule has 0 bridgehead atoms. The third-order valence-corrected chi connectivity index (χ3v) is 1.79. The van der Waals surface area contributed by atoms with Gasteiger partial charge in [0.25, 0.3) is 5.54 Å². The van der Waals surface area contributed by atoms with Crippen molar-refractivity contribution in [2.45, 2.75) is 18.0 Å². The van der Waals surface area contributed by atoms with Crippen LogP contribution in [-0.4, -0.2) is 50.6 Å². The maximum Gasteiger partial charge on any atom is 0.343 e. The van der Waals surface area contributed by atoms with Crippen LogP contribution in [-0.2, 0) is 19.2 Å². The normalized spacial score (nSPS) is 12.9. The fourth-order valence-corrected chi connectivity index (χ4v) is 0.876. The Morgan fingerprint density at radius 1 is 1.06 bits per heavy atom. The van der Waals surface area contributed by atoms with E-state index in [1.54, 1.807) is 0 Å². The maximum absolute atomic E-state index is 11.3. The molecule has 0 rings (SSSR count). The van der Waals surface area contributed by atoms with Gasteiger partial charge in [0.05, 0.1) is 12.5 Å². The zero-order valence-corrected chi connectivity index (χ0v) is 7.91. The van der Waals surface area contributed by atoms with Crippen molar-refractivity contribution in [3.63, 3.8) is 0 Å². The minimum Gasteiger partial charge on any atom is -0.481 e. The lowest BCUT2D eigenvalue weighted by molar-refractivity contribution is -0.161. The van der Waals surface area contributed by atoms with Gasteiger partial charge in [-0.1, -0.05) is 0 Å². The number of carbonyl (C=O) groups is 4. The summed E-state index contributed by atoms with van der Waals surface area (Å²) in [6.45, 7) is 0. The Hall–Kier alpha value is -2.00. The van der Waals surface area contributed by atoms with Crippen molar-refractivity contribution in [3.8, 4) is 0 Å². The fourth-order valence-electron chi connectivity index (χ4n) is 0.876. The molecule has 0 saturated carbocycles. The summed E-state index contributed by atoms with van der Waals surface area (Å²) in [5.41, 5.74) is 6.70. The highest BCUT2D eigenvalue weighted by molar-refractivity contribution is 6.25. The molecule has 0 fully saturated rings. The molecule has 0 saturated heterocycles. The number of hydrogen-bond acceptors (Lipinski definition) is 6. The number of carbonyl (C=O) groups excluding carboxylic acids is 1. The minimum absolute atomic E-state index is 0.904. The molecule has 0 spiro atoms. The van der Waals surface area contributed by atoms with Gasteiger partial charge < -0.3 is 26.8 Å². The van der Waals surface area contributed by atoms with Gasteiger partial charge in [-0.15, -0.1) is 0 Å². The van der Waals surface area contributed by atoms with Gasteiger partial charge >= 0.3 is 17.9 Å². The van der Waals surface area contributed by atoms with Gasteiger partial charge in [-0.05, 0) is 0 Å². The molecule has 0 aromatic rings. The van der Waals surface area contributed by atoms with E-state index in [1.807, 2.05) is 0 Å². The number of ketones is 1. The molecule has 0 aliphatic rings. The van der Waals surface area contributed by atoms with Crippen LogP contribution in [0, 0.1) is 0 Å². The number of carboxylic acids is 3. The van der Waals surface area contributed by atoms with Crippen LogP contribution in [0.15, 0.2) is 0 Å². The number of rotatable bonds is 6. The SMILES string of the molecule is N[C@@H](CC(=O)O)C(=O)C(N)(C(=O)O)C(=O)O. The van der Waals surface area contributed by atoms with Crippen LogP contribution in [0.4, 0.5) is 0 Å². The average molecular weight is 234 g/mol. The summed E-state index contributed by atoms with van der Waals surface area (Å²) in [7, 11) is 0. The molecule has 16 heavy (non-hydrogen) atoms. The zero-order valence-electron chi connectivity index (χ0n) is 7.91. The first-order valence-electron chi connectivity index (χ1n) is 3.91. The lowest BCUT2D eigenvalue weighted by Gasteiger charge is -2.20. The summed E-state index contributed by atoms with van der Waals surface area (Å²) in [5.74, 6) is -7.26. The molecule has 0 aromatic heterocycles. The van der Waals surface area contributed by atoms with E-state index in [0.29, 0.717) is 0 Å². The van der Waals surface area contributed by atoms with Gasteiger partial charge in [-0.3, -0.25) is 9.59 Å². The predicted octanol–water partition coefficient (Wildman–Crippen LogP) is -2.78. The van der Waals surface area contributed by atoms with E-state index < -0.39 is 41.7 Å². The van der Waals surface area contributed by atoms with Crippen LogP contribution >= 0.6 is 0 Å². The van der Waals surface area contributed by atoms with E-state index >= 15 is 0 Å². The van der Waals surface area contributed by atoms with Gasteiger partial charge in [0, 0.05) is 0 Å². The highest BCUT2D eigenvalue weighted by Crippen LogP contribution is 2.08. The molecular formula is C7H10N2O7. The number of aliphatic carboxylic acids is 3. The first-order chi connectivity index (χ1) is 7.13. The van der Waals surface area contributed by atoms with Gasteiger partial charge in [-0.25, -0.2) is 9.59 Å². The highest BCUT2D eigenvalue weighted by atomic mass is 16.4. The lowest BCUT2D eigenvalue weighted by Crippen LogP contribution is -2.65. The minimum atomic E-state index is -3.23. The van der Waals surface area contributed by atoms with Crippen molar-refractivity contribution in [2.75, 3.05) is 0 Å². The number of Topliss-reactive ketones (excluding diaryl/α,β-unsaturated/α-hetero) is 1. The summed E-state index contributed by atoms with van der Waals surface area (Å²) < 4.78 is 0. The molecule has 0 unspecified atom stereocenters. The Morgan fingerprint density at radius 3 is 1.69 bits per heavy atom. The highest BCUT2D eigenvalue weighted by Gasteiger charge is 2.52. The second-order valence-electron chi connectivity index (χ2n) is 2.99. The van der Waals surface area contributed by atoms with Crippen LogP contribution in [0.1, 0.15) is 6.42 Å². The van der Waals surface area contributed by atoms with E-state index in [2.05, 4.69) is 0 Å². The van der Waals surface area contributed by atoms with Gasteiger partial charge in [0.2, 0.25) is 0 Å². The number of nitrogens with two attached hydrogens (primary N) is 2. The molecule has 0 amide bonds. The Kier molecular flexibility index (Phi) is 4.09. The van der Waals surface area contributed by atoms with E-state index in [4.69, 9.17) is 26.8 Å². The first-order valence-corrected chi connectivity index (χ1v) is 3.91. The molecular weight excluding hydrogens is 224 g/mol. The molecule has 0 aliphatic heterocycles. The molecule has 0 heterocycles. The van der Waals surface area contributed by atoms with Crippen LogP contribution in [0.3, 0.4) is 0 Å². The van der Waals surface area contributed by atoms with E-state index in [-0.39, 0.29) is 0 Å². The molecule has 0 radical (unpaired) electrons. The standard InChI is InChI=1S/C7H10N2O7/c8-2(1-3(10)11)4(12)7(9,5(13)14)6(15)16/h2H,1,8-9H2,(H,10,11)(H,13,14)(H,15,16)/t2-/m0/s1. The van der Waals surface area contributed by atoms with Crippen molar-refractivity contribution in [3.05, 3.63) is 0 Å². The fraction of sp³-hybridized carbons (Fsp3) is 0.429. The zero-order chi connectivity index (χ0) is 13.1.